The van der Waals surface area contributed by atoms with Gasteiger partial charge in [0.2, 0.25) is 0 Å². The second kappa shape index (κ2) is 5.47. The number of rotatable bonds is 2. The molecule has 0 saturated heterocycles. The molecule has 0 aliphatic heterocycles. The van der Waals surface area contributed by atoms with Crippen LogP contribution in [-0.2, 0) is 6.18 Å². The quantitative estimate of drug-likeness (QED) is 0.860. The fourth-order valence-electron chi connectivity index (χ4n) is 1.73. The number of benzene rings is 1. The Morgan fingerprint density at radius 2 is 1.67 bits per heavy atom. The Labute approximate surface area is 118 Å². The van der Waals surface area contributed by atoms with Crippen LogP contribution in [0.4, 0.5) is 13.2 Å². The number of alkyl halides is 3. The van der Waals surface area contributed by atoms with E-state index >= 15 is 0 Å². The van der Waals surface area contributed by atoms with E-state index in [4.69, 9.17) is 0 Å². The largest absolute Gasteiger partial charge is 0.425 e. The van der Waals surface area contributed by atoms with E-state index < -0.39 is 17.3 Å². The van der Waals surface area contributed by atoms with Gasteiger partial charge in [-0.15, -0.1) is 4.73 Å². The maximum atomic E-state index is 12.4. The van der Waals surface area contributed by atoms with E-state index in [0.717, 1.165) is 12.1 Å². The van der Waals surface area contributed by atoms with Crippen LogP contribution in [0, 0.1) is 6.92 Å². The molecule has 2 aromatic rings. The monoisotopic (exact) mass is 295 g/mol. The number of hydrogen-bond donors (Lipinski definition) is 1. The Bertz CT molecular complexity index is 728. The van der Waals surface area contributed by atoms with Crippen molar-refractivity contribution in [2.24, 2.45) is 0 Å². The zero-order chi connectivity index (χ0) is 15.6. The third kappa shape index (κ3) is 3.34. The van der Waals surface area contributed by atoms with Gasteiger partial charge in [-0.05, 0) is 36.8 Å². The summed E-state index contributed by atoms with van der Waals surface area (Å²) in [5.74, 6) is 0. The van der Waals surface area contributed by atoms with Gasteiger partial charge in [0.15, 0.2) is 0 Å². The average molecular weight is 295 g/mol. The molecule has 0 radical (unpaired) electrons. The molecule has 2 rings (SSSR count). The van der Waals surface area contributed by atoms with Crippen LogP contribution in [0.3, 0.4) is 0 Å². The predicted molar refractivity (Wildman–Crippen MR) is 73.0 cm³/mol. The fraction of sp³-hybridized carbons (Fsp3) is 0.133. The molecule has 0 fully saturated rings. The van der Waals surface area contributed by atoms with E-state index in [2.05, 4.69) is 0 Å². The van der Waals surface area contributed by atoms with E-state index in [9.17, 15) is 23.2 Å². The van der Waals surface area contributed by atoms with E-state index in [-0.39, 0.29) is 5.69 Å². The van der Waals surface area contributed by atoms with Crippen LogP contribution in [0.5, 0.6) is 0 Å². The number of aryl methyl sites for hydroxylation is 1. The van der Waals surface area contributed by atoms with Crippen LogP contribution < -0.4 is 5.56 Å². The maximum absolute atomic E-state index is 12.4. The third-order valence-corrected chi connectivity index (χ3v) is 2.96. The van der Waals surface area contributed by atoms with Crippen molar-refractivity contribution in [2.45, 2.75) is 13.1 Å². The summed E-state index contributed by atoms with van der Waals surface area (Å²) in [6.07, 6.45) is -1.41. The molecule has 0 aliphatic carbocycles. The highest BCUT2D eigenvalue weighted by molar-refractivity contribution is 5.68. The van der Waals surface area contributed by atoms with Crippen molar-refractivity contribution in [1.82, 2.24) is 4.73 Å². The van der Waals surface area contributed by atoms with Crippen molar-refractivity contribution in [3.8, 4) is 0 Å². The lowest BCUT2D eigenvalue weighted by Gasteiger charge is -2.06. The van der Waals surface area contributed by atoms with Crippen molar-refractivity contribution >= 4 is 12.2 Å². The van der Waals surface area contributed by atoms with Gasteiger partial charge in [0, 0.05) is 5.56 Å². The second-order valence-electron chi connectivity index (χ2n) is 4.51. The summed E-state index contributed by atoms with van der Waals surface area (Å²) in [5, 5.41) is 9.61. The molecule has 1 N–H and O–H groups in total. The van der Waals surface area contributed by atoms with E-state index in [1.807, 2.05) is 0 Å². The molecule has 6 heteroatoms. The lowest BCUT2D eigenvalue weighted by Crippen LogP contribution is -2.21. The predicted octanol–water partition coefficient (Wildman–Crippen LogP) is 3.58. The molecule has 0 amide bonds. The topological polar surface area (TPSA) is 42.2 Å². The molecular formula is C15H12F3NO2. The molecule has 0 atom stereocenters. The minimum Gasteiger partial charge on any atom is -0.425 e. The summed E-state index contributed by atoms with van der Waals surface area (Å²) >= 11 is 0. The van der Waals surface area contributed by atoms with Gasteiger partial charge in [0.25, 0.3) is 5.56 Å². The highest BCUT2D eigenvalue weighted by atomic mass is 19.4. The molecule has 0 spiro atoms. The number of halogens is 3. The van der Waals surface area contributed by atoms with Crippen LogP contribution in [0.15, 0.2) is 41.2 Å². The van der Waals surface area contributed by atoms with Crippen molar-refractivity contribution in [3.05, 3.63) is 69.1 Å². The Morgan fingerprint density at radius 3 is 2.24 bits per heavy atom. The SMILES string of the molecule is Cc1ccc(C=Cc2ccc(C(F)(F)F)cc2)n(O)c1=O. The minimum atomic E-state index is -4.37. The molecule has 0 bridgehead atoms. The van der Waals surface area contributed by atoms with Crippen LogP contribution in [0.25, 0.3) is 12.2 Å². The maximum Gasteiger partial charge on any atom is 0.416 e. The van der Waals surface area contributed by atoms with Gasteiger partial charge >= 0.3 is 6.18 Å². The third-order valence-electron chi connectivity index (χ3n) is 2.96. The molecule has 0 aliphatic rings. The Hall–Kier alpha value is -2.50. The summed E-state index contributed by atoms with van der Waals surface area (Å²) in [4.78, 5) is 11.5. The molecule has 0 saturated carbocycles. The molecular weight excluding hydrogens is 283 g/mol. The van der Waals surface area contributed by atoms with Gasteiger partial charge in [-0.25, -0.2) is 0 Å². The molecule has 1 aromatic heterocycles. The van der Waals surface area contributed by atoms with E-state index in [0.29, 0.717) is 15.9 Å². The standard InChI is InChI=1S/C15H12F3NO2/c1-10-2-8-13(19(21)14(10)20)9-5-11-3-6-12(7-4-11)15(16,17)18/h2-9,21H,1H3. The highest BCUT2D eigenvalue weighted by Crippen LogP contribution is 2.29. The number of nitrogens with zero attached hydrogens (tertiary/aromatic N) is 1. The highest BCUT2D eigenvalue weighted by Gasteiger charge is 2.29. The summed E-state index contributed by atoms with van der Waals surface area (Å²) < 4.78 is 37.7. The van der Waals surface area contributed by atoms with E-state index in [1.165, 1.54) is 30.4 Å². The summed E-state index contributed by atoms with van der Waals surface area (Å²) in [6.45, 7) is 1.57. The zero-order valence-corrected chi connectivity index (χ0v) is 11.1. The van der Waals surface area contributed by atoms with Crippen molar-refractivity contribution < 1.29 is 18.4 Å². The van der Waals surface area contributed by atoms with Gasteiger partial charge in [-0.1, -0.05) is 24.3 Å². The first-order valence-electron chi connectivity index (χ1n) is 6.06. The lowest BCUT2D eigenvalue weighted by molar-refractivity contribution is -0.137. The second-order valence-corrected chi connectivity index (χ2v) is 4.51. The zero-order valence-electron chi connectivity index (χ0n) is 11.1. The average Bonchev–Trinajstić information content (AvgIpc) is 2.43. The smallest absolute Gasteiger partial charge is 0.416 e. The number of hydrogen-bond acceptors (Lipinski definition) is 2. The van der Waals surface area contributed by atoms with Crippen LogP contribution in [-0.4, -0.2) is 9.94 Å². The molecule has 1 heterocycles. The first kappa shape index (κ1) is 14.9. The van der Waals surface area contributed by atoms with Gasteiger partial charge in [0.1, 0.15) is 0 Å². The summed E-state index contributed by atoms with van der Waals surface area (Å²) in [5.41, 5.74) is -0.107. The van der Waals surface area contributed by atoms with Crippen LogP contribution in [0.2, 0.25) is 0 Å². The lowest BCUT2D eigenvalue weighted by atomic mass is 10.1. The molecule has 0 unspecified atom stereocenters. The fourth-order valence-corrected chi connectivity index (χ4v) is 1.73. The molecule has 21 heavy (non-hydrogen) atoms. The number of pyridine rings is 1. The summed E-state index contributed by atoms with van der Waals surface area (Å²) in [7, 11) is 0. The van der Waals surface area contributed by atoms with Crippen molar-refractivity contribution in [1.29, 1.82) is 0 Å². The molecule has 3 nitrogen and oxygen atoms in total. The van der Waals surface area contributed by atoms with Crippen LogP contribution >= 0.6 is 0 Å². The normalized spacial score (nSPS) is 12.0. The molecule has 1 aromatic carbocycles. The van der Waals surface area contributed by atoms with Crippen LogP contribution in [0.1, 0.15) is 22.4 Å². The van der Waals surface area contributed by atoms with Gasteiger partial charge in [-0.2, -0.15) is 13.2 Å². The summed E-state index contributed by atoms with van der Waals surface area (Å²) in [6, 6.07) is 7.67. The Kier molecular flexibility index (Phi) is 3.88. The minimum absolute atomic E-state index is 0.241. The van der Waals surface area contributed by atoms with Crippen molar-refractivity contribution in [3.63, 3.8) is 0 Å². The van der Waals surface area contributed by atoms with Crippen molar-refractivity contribution in [2.75, 3.05) is 0 Å². The van der Waals surface area contributed by atoms with E-state index in [1.54, 1.807) is 13.0 Å². The molecule has 110 valence electrons. The first-order valence-corrected chi connectivity index (χ1v) is 6.06. The van der Waals surface area contributed by atoms with Gasteiger partial charge in [-0.3, -0.25) is 4.79 Å². The Balaban J connectivity index is 2.26. The first-order chi connectivity index (χ1) is 9.79. The van der Waals surface area contributed by atoms with Gasteiger partial charge in [0.05, 0.1) is 11.3 Å². The van der Waals surface area contributed by atoms with Gasteiger partial charge < -0.3 is 5.21 Å². The number of aromatic nitrogens is 1. The Morgan fingerprint density at radius 1 is 1.05 bits per heavy atom.